The van der Waals surface area contributed by atoms with E-state index >= 15 is 0 Å². The highest BCUT2D eigenvalue weighted by atomic mass is 16.5. The SMILES string of the molecule is O=C(O)COc1ccccc1/C=N\NC(=O)c1n[nH]c2c1CCC2. The molecule has 0 aliphatic heterocycles. The lowest BCUT2D eigenvalue weighted by molar-refractivity contribution is -0.139. The van der Waals surface area contributed by atoms with E-state index in [-0.39, 0.29) is 5.91 Å². The van der Waals surface area contributed by atoms with Crippen LogP contribution in [0, 0.1) is 0 Å². The Kier molecular flexibility index (Phi) is 4.55. The number of rotatable bonds is 6. The van der Waals surface area contributed by atoms with E-state index in [1.54, 1.807) is 24.3 Å². The van der Waals surface area contributed by atoms with Crippen LogP contribution in [0.15, 0.2) is 29.4 Å². The molecule has 0 spiro atoms. The normalized spacial score (nSPS) is 13.0. The Hall–Kier alpha value is -3.16. The van der Waals surface area contributed by atoms with Crippen LogP contribution in [-0.4, -0.2) is 40.0 Å². The molecule has 1 aliphatic carbocycles. The van der Waals surface area contributed by atoms with Crippen LogP contribution >= 0.6 is 0 Å². The number of carboxylic acid groups (broad SMARTS) is 1. The number of aromatic amines is 1. The molecule has 1 aromatic carbocycles. The summed E-state index contributed by atoms with van der Waals surface area (Å²) in [6, 6.07) is 6.82. The van der Waals surface area contributed by atoms with Crippen molar-refractivity contribution in [3.8, 4) is 5.75 Å². The van der Waals surface area contributed by atoms with Crippen LogP contribution in [0.1, 0.15) is 33.7 Å². The van der Waals surface area contributed by atoms with Crippen LogP contribution in [0.5, 0.6) is 5.75 Å². The Balaban J connectivity index is 1.66. The smallest absolute Gasteiger partial charge is 0.341 e. The fourth-order valence-electron chi connectivity index (χ4n) is 2.58. The molecule has 1 aromatic heterocycles. The molecule has 1 heterocycles. The average molecular weight is 328 g/mol. The Morgan fingerprint density at radius 3 is 3.04 bits per heavy atom. The first-order chi connectivity index (χ1) is 11.6. The molecule has 124 valence electrons. The first kappa shape index (κ1) is 15.7. The number of ether oxygens (including phenoxy) is 1. The van der Waals surface area contributed by atoms with Gasteiger partial charge in [0.05, 0.1) is 6.21 Å². The highest BCUT2D eigenvalue weighted by Gasteiger charge is 2.22. The summed E-state index contributed by atoms with van der Waals surface area (Å²) in [5.41, 5.74) is 5.33. The van der Waals surface area contributed by atoms with E-state index < -0.39 is 12.6 Å². The quantitative estimate of drug-likeness (QED) is 0.543. The Morgan fingerprint density at radius 1 is 1.38 bits per heavy atom. The standard InChI is InChI=1S/C16H16N4O4/c21-14(22)9-24-13-7-2-1-4-10(13)8-17-20-16(23)15-11-5-3-6-12(11)18-19-15/h1-2,4,7-8H,3,5-6,9H2,(H,18,19)(H,20,23)(H,21,22)/b17-8-. The number of hydrazone groups is 1. The maximum Gasteiger partial charge on any atom is 0.341 e. The summed E-state index contributed by atoms with van der Waals surface area (Å²) in [6.07, 6.45) is 4.17. The van der Waals surface area contributed by atoms with Gasteiger partial charge in [0.1, 0.15) is 5.75 Å². The summed E-state index contributed by atoms with van der Waals surface area (Å²) in [5, 5.41) is 19.5. The van der Waals surface area contributed by atoms with Crippen LogP contribution in [0.3, 0.4) is 0 Å². The van der Waals surface area contributed by atoms with Crippen molar-refractivity contribution in [2.45, 2.75) is 19.3 Å². The number of fused-ring (bicyclic) bond motifs is 1. The van der Waals surface area contributed by atoms with E-state index in [2.05, 4.69) is 20.7 Å². The number of hydrogen-bond acceptors (Lipinski definition) is 5. The van der Waals surface area contributed by atoms with Crippen LogP contribution in [0.4, 0.5) is 0 Å². The van der Waals surface area contributed by atoms with Crippen molar-refractivity contribution in [3.63, 3.8) is 0 Å². The Labute approximate surface area is 137 Å². The van der Waals surface area contributed by atoms with Gasteiger partial charge in [-0.15, -0.1) is 0 Å². The molecular formula is C16H16N4O4. The number of carboxylic acids is 1. The van der Waals surface area contributed by atoms with Crippen molar-refractivity contribution in [1.29, 1.82) is 0 Å². The largest absolute Gasteiger partial charge is 0.481 e. The number of aliphatic carboxylic acids is 1. The predicted octanol–water partition coefficient (Wildman–Crippen LogP) is 1.13. The molecule has 0 unspecified atom stereocenters. The zero-order valence-corrected chi connectivity index (χ0v) is 12.8. The molecule has 0 atom stereocenters. The molecule has 0 saturated carbocycles. The van der Waals surface area contributed by atoms with Crippen molar-refractivity contribution >= 4 is 18.1 Å². The summed E-state index contributed by atoms with van der Waals surface area (Å²) in [5.74, 6) is -1.07. The minimum atomic E-state index is -1.07. The number of H-pyrrole nitrogens is 1. The number of nitrogens with one attached hydrogen (secondary N) is 2. The lowest BCUT2D eigenvalue weighted by atomic mass is 10.2. The number of aromatic nitrogens is 2. The van der Waals surface area contributed by atoms with Crippen LogP contribution in [-0.2, 0) is 17.6 Å². The minimum absolute atomic E-state index is 0.370. The highest BCUT2D eigenvalue weighted by molar-refractivity contribution is 5.95. The van der Waals surface area contributed by atoms with Crippen LogP contribution in [0.2, 0.25) is 0 Å². The fraction of sp³-hybridized carbons (Fsp3) is 0.250. The van der Waals surface area contributed by atoms with Gasteiger partial charge in [0.25, 0.3) is 5.91 Å². The van der Waals surface area contributed by atoms with Gasteiger partial charge in [0.2, 0.25) is 0 Å². The number of hydrogen-bond donors (Lipinski definition) is 3. The van der Waals surface area contributed by atoms with Gasteiger partial charge >= 0.3 is 5.97 Å². The predicted molar refractivity (Wildman–Crippen MR) is 85.2 cm³/mol. The number of para-hydroxylation sites is 1. The van der Waals surface area contributed by atoms with Crippen LogP contribution < -0.4 is 10.2 Å². The van der Waals surface area contributed by atoms with E-state index in [4.69, 9.17) is 9.84 Å². The van der Waals surface area contributed by atoms with Gasteiger partial charge in [0, 0.05) is 16.8 Å². The number of carbonyl (C=O) groups is 2. The minimum Gasteiger partial charge on any atom is -0.481 e. The lowest BCUT2D eigenvalue weighted by Crippen LogP contribution is -2.19. The fourth-order valence-corrected chi connectivity index (χ4v) is 2.58. The van der Waals surface area contributed by atoms with Gasteiger partial charge in [-0.05, 0) is 31.4 Å². The van der Waals surface area contributed by atoms with Gasteiger partial charge in [-0.2, -0.15) is 10.2 Å². The monoisotopic (exact) mass is 328 g/mol. The summed E-state index contributed by atoms with van der Waals surface area (Å²) >= 11 is 0. The molecule has 2 aromatic rings. The molecule has 1 aliphatic rings. The Morgan fingerprint density at radius 2 is 2.21 bits per heavy atom. The summed E-state index contributed by atoms with van der Waals surface area (Å²) < 4.78 is 5.17. The number of aryl methyl sites for hydroxylation is 1. The van der Waals surface area contributed by atoms with E-state index in [1.165, 1.54) is 6.21 Å². The van der Waals surface area contributed by atoms with Gasteiger partial charge in [-0.1, -0.05) is 12.1 Å². The summed E-state index contributed by atoms with van der Waals surface area (Å²) in [7, 11) is 0. The van der Waals surface area contributed by atoms with Gasteiger partial charge in [-0.25, -0.2) is 10.2 Å². The molecule has 0 bridgehead atoms. The molecule has 0 saturated heterocycles. The van der Waals surface area contributed by atoms with E-state index in [9.17, 15) is 9.59 Å². The van der Waals surface area contributed by atoms with Gasteiger partial charge < -0.3 is 9.84 Å². The van der Waals surface area contributed by atoms with E-state index in [0.717, 1.165) is 30.5 Å². The number of carbonyl (C=O) groups excluding carboxylic acids is 1. The summed E-state index contributed by atoms with van der Waals surface area (Å²) in [4.78, 5) is 22.7. The molecule has 1 amide bonds. The highest BCUT2D eigenvalue weighted by Crippen LogP contribution is 2.22. The number of nitrogens with zero attached hydrogens (tertiary/aromatic N) is 2. The second-order valence-corrected chi connectivity index (χ2v) is 5.30. The molecular weight excluding hydrogens is 312 g/mol. The topological polar surface area (TPSA) is 117 Å². The first-order valence-corrected chi connectivity index (χ1v) is 7.48. The van der Waals surface area contributed by atoms with E-state index in [0.29, 0.717) is 17.0 Å². The van der Waals surface area contributed by atoms with E-state index in [1.807, 2.05) is 0 Å². The van der Waals surface area contributed by atoms with Crippen molar-refractivity contribution in [3.05, 3.63) is 46.8 Å². The zero-order valence-electron chi connectivity index (χ0n) is 12.8. The van der Waals surface area contributed by atoms with Crippen molar-refractivity contribution in [2.24, 2.45) is 5.10 Å². The van der Waals surface area contributed by atoms with Crippen molar-refractivity contribution < 1.29 is 19.4 Å². The molecule has 8 nitrogen and oxygen atoms in total. The third-order valence-electron chi connectivity index (χ3n) is 3.66. The molecule has 0 radical (unpaired) electrons. The molecule has 24 heavy (non-hydrogen) atoms. The molecule has 0 fully saturated rings. The zero-order chi connectivity index (χ0) is 16.9. The maximum absolute atomic E-state index is 12.1. The number of benzene rings is 1. The lowest BCUT2D eigenvalue weighted by Gasteiger charge is -2.06. The Bertz CT molecular complexity index is 797. The third kappa shape index (κ3) is 3.43. The third-order valence-corrected chi connectivity index (χ3v) is 3.66. The second kappa shape index (κ2) is 6.95. The summed E-state index contributed by atoms with van der Waals surface area (Å²) in [6.45, 7) is -0.448. The maximum atomic E-state index is 12.1. The van der Waals surface area contributed by atoms with Crippen LogP contribution in [0.25, 0.3) is 0 Å². The second-order valence-electron chi connectivity index (χ2n) is 5.30. The molecule has 8 heteroatoms. The van der Waals surface area contributed by atoms with Gasteiger partial charge in [-0.3, -0.25) is 9.89 Å². The average Bonchev–Trinajstić information content (AvgIpc) is 3.16. The number of amides is 1. The molecule has 3 rings (SSSR count). The van der Waals surface area contributed by atoms with Gasteiger partial charge in [0.15, 0.2) is 12.3 Å². The molecule has 3 N–H and O–H groups in total. The van der Waals surface area contributed by atoms with Crippen molar-refractivity contribution in [1.82, 2.24) is 15.6 Å². The first-order valence-electron chi connectivity index (χ1n) is 7.48. The van der Waals surface area contributed by atoms with Crippen molar-refractivity contribution in [2.75, 3.05) is 6.61 Å².